The van der Waals surface area contributed by atoms with Crippen LogP contribution in [0.5, 0.6) is 0 Å². The Bertz CT molecular complexity index is 223. The number of nitrogens with one attached hydrogen (secondary N) is 1. The lowest BCUT2D eigenvalue weighted by Gasteiger charge is -2.48. The summed E-state index contributed by atoms with van der Waals surface area (Å²) in [6.45, 7) is 6.07. The Balaban J connectivity index is 2.02. The van der Waals surface area contributed by atoms with Gasteiger partial charge in [0.15, 0.2) is 0 Å². The molecule has 0 aromatic carbocycles. The molecule has 2 nitrogen and oxygen atoms in total. The number of nitrogens with zero attached hydrogens (tertiary/aromatic N) is 1. The van der Waals surface area contributed by atoms with E-state index < -0.39 is 0 Å². The molecule has 1 heterocycles. The fourth-order valence-corrected chi connectivity index (χ4v) is 4.19. The average Bonchev–Trinajstić information content (AvgIpc) is 2.39. The number of hydrogen-bond donors (Lipinski definition) is 1. The Morgan fingerprint density at radius 1 is 1.18 bits per heavy atom. The Labute approximate surface area is 107 Å². The predicted octanol–water partition coefficient (Wildman–Crippen LogP) is 3.03. The first-order valence-electron chi connectivity index (χ1n) is 7.71. The van der Waals surface area contributed by atoms with Crippen molar-refractivity contribution >= 4 is 0 Å². The lowest BCUT2D eigenvalue weighted by molar-refractivity contribution is 0.0191. The van der Waals surface area contributed by atoms with E-state index in [1.807, 2.05) is 0 Å². The van der Waals surface area contributed by atoms with Gasteiger partial charge in [0, 0.05) is 18.1 Å². The minimum absolute atomic E-state index is 0.663. The van der Waals surface area contributed by atoms with E-state index in [9.17, 15) is 0 Å². The zero-order chi connectivity index (χ0) is 12.3. The van der Waals surface area contributed by atoms with Gasteiger partial charge >= 0.3 is 0 Å². The van der Waals surface area contributed by atoms with Gasteiger partial charge < -0.3 is 5.32 Å². The monoisotopic (exact) mass is 238 g/mol. The predicted molar refractivity (Wildman–Crippen MR) is 74.3 cm³/mol. The van der Waals surface area contributed by atoms with Crippen LogP contribution < -0.4 is 5.32 Å². The smallest absolute Gasteiger partial charge is 0.0223 e. The number of likely N-dealkylation sites (N-methyl/N-ethyl adjacent to an activating group) is 1. The van der Waals surface area contributed by atoms with Crippen LogP contribution in [0.3, 0.4) is 0 Å². The average molecular weight is 238 g/mol. The molecule has 1 N–H and O–H groups in total. The second-order valence-electron chi connectivity index (χ2n) is 6.04. The highest BCUT2D eigenvalue weighted by Crippen LogP contribution is 2.36. The molecule has 17 heavy (non-hydrogen) atoms. The van der Waals surface area contributed by atoms with Crippen molar-refractivity contribution in [3.63, 3.8) is 0 Å². The van der Waals surface area contributed by atoms with Crippen molar-refractivity contribution in [1.82, 2.24) is 10.2 Å². The molecule has 4 unspecified atom stereocenters. The zero-order valence-electron chi connectivity index (χ0n) is 11.9. The van der Waals surface area contributed by atoms with Crippen LogP contribution in [0.25, 0.3) is 0 Å². The maximum atomic E-state index is 3.50. The molecule has 1 aliphatic heterocycles. The van der Waals surface area contributed by atoms with Gasteiger partial charge in [0.25, 0.3) is 0 Å². The van der Waals surface area contributed by atoms with Gasteiger partial charge in [-0.1, -0.05) is 19.8 Å². The molecule has 2 heteroatoms. The summed E-state index contributed by atoms with van der Waals surface area (Å²) in [5.74, 6) is 1.01. The summed E-state index contributed by atoms with van der Waals surface area (Å²) < 4.78 is 0. The Morgan fingerprint density at radius 3 is 2.59 bits per heavy atom. The quantitative estimate of drug-likeness (QED) is 0.810. The highest BCUT2D eigenvalue weighted by molar-refractivity contribution is 4.92. The first-order chi connectivity index (χ1) is 8.27. The van der Waals surface area contributed by atoms with Crippen LogP contribution in [0.1, 0.15) is 58.8 Å². The first kappa shape index (κ1) is 13.4. The van der Waals surface area contributed by atoms with E-state index in [-0.39, 0.29) is 0 Å². The van der Waals surface area contributed by atoms with Gasteiger partial charge in [0.1, 0.15) is 0 Å². The third kappa shape index (κ3) is 2.85. The van der Waals surface area contributed by atoms with E-state index in [1.54, 1.807) is 0 Å². The lowest BCUT2D eigenvalue weighted by atomic mass is 9.77. The summed E-state index contributed by atoms with van der Waals surface area (Å²) in [6, 6.07) is 2.27. The molecule has 0 bridgehead atoms. The van der Waals surface area contributed by atoms with Crippen molar-refractivity contribution in [2.75, 3.05) is 13.6 Å². The molecular formula is C15H30N2. The minimum Gasteiger partial charge on any atom is -0.315 e. The summed E-state index contributed by atoms with van der Waals surface area (Å²) in [6.07, 6.45) is 10.0. The highest BCUT2D eigenvalue weighted by Gasteiger charge is 2.36. The Hall–Kier alpha value is -0.0800. The van der Waals surface area contributed by atoms with Crippen molar-refractivity contribution in [1.29, 1.82) is 0 Å². The molecule has 0 aromatic rings. The second kappa shape index (κ2) is 6.19. The van der Waals surface area contributed by atoms with Crippen molar-refractivity contribution in [3.8, 4) is 0 Å². The molecule has 1 saturated carbocycles. The summed E-state index contributed by atoms with van der Waals surface area (Å²) in [4.78, 5) is 2.83. The van der Waals surface area contributed by atoms with Gasteiger partial charge in [0.05, 0.1) is 0 Å². The number of hydrogen-bond acceptors (Lipinski definition) is 2. The molecule has 0 aromatic heterocycles. The van der Waals surface area contributed by atoms with Crippen LogP contribution in [-0.4, -0.2) is 36.6 Å². The largest absolute Gasteiger partial charge is 0.315 e. The molecule has 1 saturated heterocycles. The normalized spacial score (nSPS) is 34.1. The molecule has 0 amide bonds. The van der Waals surface area contributed by atoms with Gasteiger partial charge in [-0.05, 0) is 58.5 Å². The molecular weight excluding hydrogens is 208 g/mol. The fraction of sp³-hybridized carbons (Fsp3) is 1.00. The van der Waals surface area contributed by atoms with E-state index in [0.29, 0.717) is 12.1 Å². The topological polar surface area (TPSA) is 15.3 Å². The van der Waals surface area contributed by atoms with Gasteiger partial charge in [-0.25, -0.2) is 0 Å². The summed E-state index contributed by atoms with van der Waals surface area (Å²) in [5, 5.41) is 3.50. The minimum atomic E-state index is 0.663. The summed E-state index contributed by atoms with van der Waals surface area (Å²) >= 11 is 0. The van der Waals surface area contributed by atoms with Crippen molar-refractivity contribution in [3.05, 3.63) is 0 Å². The van der Waals surface area contributed by atoms with E-state index in [1.165, 1.54) is 51.5 Å². The van der Waals surface area contributed by atoms with E-state index in [2.05, 4.69) is 31.1 Å². The Kier molecular flexibility index (Phi) is 4.87. The molecule has 1 aliphatic carbocycles. The van der Waals surface area contributed by atoms with Crippen molar-refractivity contribution in [2.24, 2.45) is 5.92 Å². The van der Waals surface area contributed by atoms with Crippen LogP contribution in [0.2, 0.25) is 0 Å². The molecule has 4 atom stereocenters. The standard InChI is InChI=1S/C15H30N2/c1-4-14(16-3)12(2)17-11-7-9-13-8-5-6-10-15(13)17/h12-16H,4-11H2,1-3H3. The third-order valence-corrected chi connectivity index (χ3v) is 5.20. The van der Waals surface area contributed by atoms with Crippen LogP contribution in [-0.2, 0) is 0 Å². The third-order valence-electron chi connectivity index (χ3n) is 5.20. The number of likely N-dealkylation sites (tertiary alicyclic amines) is 1. The molecule has 0 radical (unpaired) electrons. The van der Waals surface area contributed by atoms with Gasteiger partial charge in [-0.15, -0.1) is 0 Å². The van der Waals surface area contributed by atoms with E-state index >= 15 is 0 Å². The molecule has 100 valence electrons. The van der Waals surface area contributed by atoms with Crippen LogP contribution >= 0.6 is 0 Å². The summed E-state index contributed by atoms with van der Waals surface area (Å²) in [7, 11) is 2.12. The van der Waals surface area contributed by atoms with E-state index in [0.717, 1.165) is 12.0 Å². The van der Waals surface area contributed by atoms with Crippen LogP contribution in [0, 0.1) is 5.92 Å². The van der Waals surface area contributed by atoms with Gasteiger partial charge in [-0.2, -0.15) is 0 Å². The maximum Gasteiger partial charge on any atom is 0.0223 e. The molecule has 0 spiro atoms. The second-order valence-corrected chi connectivity index (χ2v) is 6.04. The van der Waals surface area contributed by atoms with Crippen molar-refractivity contribution < 1.29 is 0 Å². The number of piperidine rings is 1. The molecule has 2 rings (SSSR count). The van der Waals surface area contributed by atoms with Crippen LogP contribution in [0.4, 0.5) is 0 Å². The van der Waals surface area contributed by atoms with Gasteiger partial charge in [-0.3, -0.25) is 4.90 Å². The number of fused-ring (bicyclic) bond motifs is 1. The lowest BCUT2D eigenvalue weighted by Crippen LogP contribution is -2.56. The zero-order valence-corrected chi connectivity index (χ0v) is 11.9. The van der Waals surface area contributed by atoms with Gasteiger partial charge in [0.2, 0.25) is 0 Å². The summed E-state index contributed by atoms with van der Waals surface area (Å²) in [5.41, 5.74) is 0. The van der Waals surface area contributed by atoms with Crippen LogP contribution in [0.15, 0.2) is 0 Å². The molecule has 2 fully saturated rings. The maximum absolute atomic E-state index is 3.50. The molecule has 2 aliphatic rings. The SMILES string of the molecule is CCC(NC)C(C)N1CCCC2CCCCC21. The van der Waals surface area contributed by atoms with Crippen molar-refractivity contribution in [2.45, 2.75) is 76.9 Å². The Morgan fingerprint density at radius 2 is 1.88 bits per heavy atom. The number of rotatable bonds is 4. The highest BCUT2D eigenvalue weighted by atomic mass is 15.2. The van der Waals surface area contributed by atoms with E-state index in [4.69, 9.17) is 0 Å². The first-order valence-corrected chi connectivity index (χ1v) is 7.71. The fourth-order valence-electron chi connectivity index (χ4n) is 4.19.